The normalized spacial score (nSPS) is 19.5. The molecule has 0 bridgehead atoms. The second-order valence-electron chi connectivity index (χ2n) is 9.68. The minimum atomic E-state index is -0.179. The Morgan fingerprint density at radius 3 is 1.33 bits per heavy atom. The van der Waals surface area contributed by atoms with Crippen LogP contribution in [0.2, 0.25) is 0 Å². The molecule has 33 heavy (non-hydrogen) atoms. The van der Waals surface area contributed by atoms with E-state index >= 15 is 0 Å². The first-order chi connectivity index (χ1) is 15.8. The van der Waals surface area contributed by atoms with E-state index < -0.39 is 0 Å². The Morgan fingerprint density at radius 1 is 0.697 bits per heavy atom. The Labute approximate surface area is 197 Å². The summed E-state index contributed by atoms with van der Waals surface area (Å²) in [5.41, 5.74) is 6.74. The maximum atomic E-state index is 5.92. The molecule has 0 saturated carbocycles. The molecular weight excluding hydrogens is 420 g/mol. The molecule has 0 spiro atoms. The van der Waals surface area contributed by atoms with Gasteiger partial charge in [0.25, 0.3) is 0 Å². The van der Waals surface area contributed by atoms with Gasteiger partial charge in [-0.3, -0.25) is 0 Å². The molecule has 180 valence electrons. The largest absolute Gasteiger partial charge is 0.467 e. The van der Waals surface area contributed by atoms with Gasteiger partial charge in [-0.1, -0.05) is 38.1 Å². The van der Waals surface area contributed by atoms with E-state index in [1.165, 1.54) is 11.1 Å². The zero-order valence-electron chi connectivity index (χ0n) is 20.7. The second-order valence-corrected chi connectivity index (χ2v) is 9.68. The summed E-state index contributed by atoms with van der Waals surface area (Å²) >= 11 is 0. The number of hydrogen-bond acceptors (Lipinski definition) is 6. The maximum absolute atomic E-state index is 5.92. The molecular formula is C27H36O6. The molecule has 2 unspecified atom stereocenters. The van der Waals surface area contributed by atoms with Crippen LogP contribution in [0.1, 0.15) is 47.2 Å². The van der Waals surface area contributed by atoms with E-state index in [0.29, 0.717) is 13.2 Å². The van der Waals surface area contributed by atoms with Crippen molar-refractivity contribution in [3.8, 4) is 11.5 Å². The zero-order valence-corrected chi connectivity index (χ0v) is 20.7. The molecule has 6 nitrogen and oxygen atoms in total. The van der Waals surface area contributed by atoms with Crippen LogP contribution in [-0.4, -0.2) is 52.2 Å². The van der Waals surface area contributed by atoms with Gasteiger partial charge in [-0.25, -0.2) is 0 Å². The van der Waals surface area contributed by atoms with E-state index in [2.05, 4.69) is 65.8 Å². The van der Waals surface area contributed by atoms with Gasteiger partial charge < -0.3 is 28.4 Å². The minimum Gasteiger partial charge on any atom is -0.467 e. The first-order valence-corrected chi connectivity index (χ1v) is 11.6. The average molecular weight is 457 g/mol. The number of aryl methyl sites for hydroxylation is 4. The smallest absolute Gasteiger partial charge is 0.189 e. The predicted molar refractivity (Wildman–Crippen MR) is 126 cm³/mol. The average Bonchev–Trinajstić information content (AvgIpc) is 3.66. The Kier molecular flexibility index (Phi) is 7.29. The summed E-state index contributed by atoms with van der Waals surface area (Å²) in [6.07, 6.45) is 0.486. The predicted octanol–water partition coefficient (Wildman–Crippen LogP) is 4.75. The fraction of sp³-hybridized carbons (Fsp3) is 0.556. The summed E-state index contributed by atoms with van der Waals surface area (Å²) < 4.78 is 33.3. The lowest BCUT2D eigenvalue weighted by molar-refractivity contribution is 0.00740. The Hall–Kier alpha value is -2.12. The SMILES string of the molecule is Cc1cc(C(C)(C)c2cc(C)c(OCOCC3CO3)c(C)c2)cc(C)c1OCOCC1CO1. The molecule has 2 aliphatic rings. The van der Waals surface area contributed by atoms with E-state index in [4.69, 9.17) is 28.4 Å². The highest BCUT2D eigenvalue weighted by Gasteiger charge is 2.27. The van der Waals surface area contributed by atoms with Crippen molar-refractivity contribution in [2.24, 2.45) is 0 Å². The molecule has 0 aromatic heterocycles. The van der Waals surface area contributed by atoms with E-state index in [9.17, 15) is 0 Å². The van der Waals surface area contributed by atoms with Crippen LogP contribution in [0.3, 0.4) is 0 Å². The molecule has 2 fully saturated rings. The van der Waals surface area contributed by atoms with Crippen LogP contribution in [0, 0.1) is 27.7 Å². The van der Waals surface area contributed by atoms with E-state index in [1.807, 2.05) is 0 Å². The van der Waals surface area contributed by atoms with Crippen LogP contribution in [0.25, 0.3) is 0 Å². The van der Waals surface area contributed by atoms with Crippen molar-refractivity contribution in [2.75, 3.05) is 40.0 Å². The molecule has 2 aromatic carbocycles. The molecule has 0 radical (unpaired) electrons. The molecule has 6 heteroatoms. The second kappa shape index (κ2) is 10.0. The Morgan fingerprint density at radius 2 is 1.03 bits per heavy atom. The highest BCUT2D eigenvalue weighted by Crippen LogP contribution is 2.38. The van der Waals surface area contributed by atoms with Crippen molar-refractivity contribution in [3.05, 3.63) is 57.6 Å². The quantitative estimate of drug-likeness (QED) is 0.261. The van der Waals surface area contributed by atoms with Gasteiger partial charge in [0.1, 0.15) is 23.7 Å². The minimum absolute atomic E-state index is 0.179. The van der Waals surface area contributed by atoms with Crippen molar-refractivity contribution < 1.29 is 28.4 Å². The summed E-state index contributed by atoms with van der Waals surface area (Å²) in [6, 6.07) is 8.87. The van der Waals surface area contributed by atoms with Gasteiger partial charge in [0.05, 0.1) is 26.4 Å². The van der Waals surface area contributed by atoms with E-state index in [-0.39, 0.29) is 31.2 Å². The van der Waals surface area contributed by atoms with Crippen molar-refractivity contribution in [2.45, 2.75) is 59.2 Å². The molecule has 2 saturated heterocycles. The number of rotatable bonds is 12. The summed E-state index contributed by atoms with van der Waals surface area (Å²) in [7, 11) is 0. The van der Waals surface area contributed by atoms with E-state index in [1.54, 1.807) is 0 Å². The van der Waals surface area contributed by atoms with E-state index in [0.717, 1.165) is 47.0 Å². The van der Waals surface area contributed by atoms with Crippen LogP contribution in [-0.2, 0) is 24.4 Å². The highest BCUT2D eigenvalue weighted by molar-refractivity contribution is 5.52. The van der Waals surface area contributed by atoms with Gasteiger partial charge in [-0.05, 0) is 61.1 Å². The lowest BCUT2D eigenvalue weighted by Gasteiger charge is -2.29. The van der Waals surface area contributed by atoms with Gasteiger partial charge >= 0.3 is 0 Å². The van der Waals surface area contributed by atoms with Crippen molar-refractivity contribution in [1.82, 2.24) is 0 Å². The molecule has 2 atom stereocenters. The monoisotopic (exact) mass is 456 g/mol. The molecule has 0 amide bonds. The number of ether oxygens (including phenoxy) is 6. The molecule has 2 heterocycles. The Bertz CT molecular complexity index is 851. The van der Waals surface area contributed by atoms with Gasteiger partial charge in [-0.15, -0.1) is 0 Å². The van der Waals surface area contributed by atoms with Gasteiger partial charge in [0.15, 0.2) is 13.6 Å². The number of hydrogen-bond donors (Lipinski definition) is 0. The Balaban J connectivity index is 1.45. The number of epoxide rings is 2. The van der Waals surface area contributed by atoms with Crippen molar-refractivity contribution >= 4 is 0 Å². The summed E-state index contributed by atoms with van der Waals surface area (Å²) in [6.45, 7) is 16.1. The lowest BCUT2D eigenvalue weighted by atomic mass is 9.76. The van der Waals surface area contributed by atoms with Crippen molar-refractivity contribution in [3.63, 3.8) is 0 Å². The molecule has 0 N–H and O–H groups in total. The topological polar surface area (TPSA) is 62.0 Å². The van der Waals surface area contributed by atoms with Crippen LogP contribution < -0.4 is 9.47 Å². The molecule has 2 aliphatic heterocycles. The lowest BCUT2D eigenvalue weighted by Crippen LogP contribution is -2.20. The van der Waals surface area contributed by atoms with Gasteiger partial charge in [0.2, 0.25) is 0 Å². The zero-order chi connectivity index (χ0) is 23.6. The fourth-order valence-corrected chi connectivity index (χ4v) is 4.13. The van der Waals surface area contributed by atoms with Crippen LogP contribution in [0.5, 0.6) is 11.5 Å². The third-order valence-electron chi connectivity index (χ3n) is 6.35. The first kappa shape index (κ1) is 24.0. The van der Waals surface area contributed by atoms with Crippen LogP contribution in [0.4, 0.5) is 0 Å². The maximum Gasteiger partial charge on any atom is 0.189 e. The summed E-state index contributed by atoms with van der Waals surface area (Å²) in [5.74, 6) is 1.78. The number of benzene rings is 2. The van der Waals surface area contributed by atoms with Crippen LogP contribution in [0.15, 0.2) is 24.3 Å². The molecule has 2 aromatic rings. The third-order valence-corrected chi connectivity index (χ3v) is 6.35. The summed E-state index contributed by atoms with van der Waals surface area (Å²) in [4.78, 5) is 0. The van der Waals surface area contributed by atoms with Crippen molar-refractivity contribution in [1.29, 1.82) is 0 Å². The van der Waals surface area contributed by atoms with Gasteiger partial charge in [-0.2, -0.15) is 0 Å². The standard InChI is InChI=1S/C27H36O6/c1-17-7-21(8-18(2)25(17)32-15-28-11-23-13-30-23)27(5,6)22-9-19(3)26(20(4)10-22)33-16-29-12-24-14-31-24/h7-10,23-24H,11-16H2,1-6H3. The molecule has 0 aliphatic carbocycles. The fourth-order valence-electron chi connectivity index (χ4n) is 4.13. The van der Waals surface area contributed by atoms with Crippen LogP contribution >= 0.6 is 0 Å². The molecule has 4 rings (SSSR count). The highest BCUT2D eigenvalue weighted by atomic mass is 16.7. The summed E-state index contributed by atoms with van der Waals surface area (Å²) in [5, 5.41) is 0. The van der Waals surface area contributed by atoms with Gasteiger partial charge in [0, 0.05) is 5.41 Å². The third kappa shape index (κ3) is 6.07. The first-order valence-electron chi connectivity index (χ1n) is 11.6.